The van der Waals surface area contributed by atoms with Gasteiger partial charge in [-0.3, -0.25) is 4.79 Å². The third-order valence-corrected chi connectivity index (χ3v) is 3.48. The highest BCUT2D eigenvalue weighted by atomic mass is 16.1. The molecular formula is C17H15NO. The van der Waals surface area contributed by atoms with E-state index in [-0.39, 0.29) is 5.78 Å². The molecule has 0 unspecified atom stereocenters. The fourth-order valence-corrected chi connectivity index (χ4v) is 2.47. The molecule has 1 aliphatic carbocycles. The molecule has 0 aliphatic heterocycles. The minimum Gasteiger partial charge on any atom is -0.318 e. The molecule has 1 aliphatic rings. The normalized spacial score (nSPS) is 18.5. The number of fused-ring (bicyclic) bond motifs is 1. The van der Waals surface area contributed by atoms with E-state index in [1.807, 2.05) is 54.6 Å². The van der Waals surface area contributed by atoms with Crippen LogP contribution in [0.25, 0.3) is 5.57 Å². The van der Waals surface area contributed by atoms with Crippen molar-refractivity contribution in [1.29, 1.82) is 0 Å². The van der Waals surface area contributed by atoms with Gasteiger partial charge in [0.15, 0.2) is 5.78 Å². The molecule has 3 rings (SSSR count). The summed E-state index contributed by atoms with van der Waals surface area (Å²) < 4.78 is 0. The Morgan fingerprint density at radius 1 is 0.947 bits per heavy atom. The summed E-state index contributed by atoms with van der Waals surface area (Å²) in [6.45, 7) is 0. The van der Waals surface area contributed by atoms with Crippen molar-refractivity contribution in [2.45, 2.75) is 12.5 Å². The molecule has 0 saturated heterocycles. The van der Waals surface area contributed by atoms with E-state index < -0.39 is 6.04 Å². The van der Waals surface area contributed by atoms with Crippen molar-refractivity contribution in [3.8, 4) is 0 Å². The quantitative estimate of drug-likeness (QED) is 0.844. The van der Waals surface area contributed by atoms with Crippen LogP contribution < -0.4 is 5.73 Å². The number of hydrogen-bond donors (Lipinski definition) is 1. The smallest absolute Gasteiger partial charge is 0.157 e. The largest absolute Gasteiger partial charge is 0.318 e. The maximum atomic E-state index is 12.0. The summed E-state index contributed by atoms with van der Waals surface area (Å²) in [5, 5.41) is 0. The molecule has 2 aromatic carbocycles. The van der Waals surface area contributed by atoms with Crippen LogP contribution in [0.5, 0.6) is 0 Å². The van der Waals surface area contributed by atoms with Crippen LogP contribution in [0.3, 0.4) is 0 Å². The molecule has 0 aromatic heterocycles. The highest BCUT2D eigenvalue weighted by Gasteiger charge is 2.21. The second-order valence-corrected chi connectivity index (χ2v) is 4.77. The highest BCUT2D eigenvalue weighted by Crippen LogP contribution is 2.29. The molecule has 2 heteroatoms. The van der Waals surface area contributed by atoms with Crippen LogP contribution >= 0.6 is 0 Å². The molecule has 0 fully saturated rings. The monoisotopic (exact) mass is 249 g/mol. The number of carbonyl (C=O) groups excluding carboxylic acids is 1. The van der Waals surface area contributed by atoms with Crippen LogP contribution in [0.2, 0.25) is 0 Å². The van der Waals surface area contributed by atoms with Crippen LogP contribution in [0, 0.1) is 0 Å². The van der Waals surface area contributed by atoms with Gasteiger partial charge in [-0.25, -0.2) is 0 Å². The molecule has 0 heterocycles. The third-order valence-electron chi connectivity index (χ3n) is 3.48. The number of hydrogen-bond acceptors (Lipinski definition) is 2. The van der Waals surface area contributed by atoms with Gasteiger partial charge in [0.25, 0.3) is 0 Å². The number of nitrogens with two attached hydrogens (primary N) is 1. The zero-order valence-corrected chi connectivity index (χ0v) is 10.5. The first-order valence-corrected chi connectivity index (χ1v) is 6.39. The van der Waals surface area contributed by atoms with Gasteiger partial charge in [0.2, 0.25) is 0 Å². The fourth-order valence-electron chi connectivity index (χ4n) is 2.47. The Morgan fingerprint density at radius 2 is 1.63 bits per heavy atom. The lowest BCUT2D eigenvalue weighted by molar-refractivity contribution is -0.118. The molecular weight excluding hydrogens is 234 g/mol. The van der Waals surface area contributed by atoms with Crippen molar-refractivity contribution < 1.29 is 4.79 Å². The molecule has 1 atom stereocenters. The van der Waals surface area contributed by atoms with Gasteiger partial charge >= 0.3 is 0 Å². The van der Waals surface area contributed by atoms with Crippen molar-refractivity contribution in [3.05, 3.63) is 77.4 Å². The van der Waals surface area contributed by atoms with Crippen LogP contribution in [0.1, 0.15) is 16.7 Å². The molecule has 94 valence electrons. The minimum atomic E-state index is -0.525. The number of ketones is 1. The zero-order chi connectivity index (χ0) is 13.2. The SMILES string of the molecule is N[C@@H]1C=C(c2ccccc2)c2ccccc2CC1=O. The van der Waals surface area contributed by atoms with Crippen LogP contribution in [-0.2, 0) is 11.2 Å². The molecule has 0 bridgehead atoms. The molecule has 2 nitrogen and oxygen atoms in total. The van der Waals surface area contributed by atoms with Crippen molar-refractivity contribution in [2.24, 2.45) is 5.73 Å². The van der Waals surface area contributed by atoms with E-state index in [2.05, 4.69) is 6.07 Å². The molecule has 19 heavy (non-hydrogen) atoms. The Balaban J connectivity index is 2.21. The Morgan fingerprint density at radius 3 is 2.42 bits per heavy atom. The molecule has 0 radical (unpaired) electrons. The van der Waals surface area contributed by atoms with Crippen LogP contribution in [-0.4, -0.2) is 11.8 Å². The van der Waals surface area contributed by atoms with Gasteiger partial charge < -0.3 is 5.73 Å². The summed E-state index contributed by atoms with van der Waals surface area (Å²) in [5.41, 5.74) is 10.3. The molecule has 2 N–H and O–H groups in total. The predicted octanol–water partition coefficient (Wildman–Crippen LogP) is 2.57. The number of benzene rings is 2. The first-order valence-electron chi connectivity index (χ1n) is 6.39. The maximum Gasteiger partial charge on any atom is 0.157 e. The van der Waals surface area contributed by atoms with Crippen LogP contribution in [0.15, 0.2) is 60.7 Å². The van der Waals surface area contributed by atoms with Crippen LogP contribution in [0.4, 0.5) is 0 Å². The van der Waals surface area contributed by atoms with E-state index in [1.165, 1.54) is 0 Å². The van der Waals surface area contributed by atoms with Gasteiger partial charge in [-0.15, -0.1) is 0 Å². The third kappa shape index (κ3) is 2.23. The lowest BCUT2D eigenvalue weighted by Crippen LogP contribution is -2.28. The summed E-state index contributed by atoms with van der Waals surface area (Å²) in [6.07, 6.45) is 2.29. The van der Waals surface area contributed by atoms with Gasteiger partial charge in [0.1, 0.15) is 0 Å². The Bertz CT molecular complexity index is 643. The summed E-state index contributed by atoms with van der Waals surface area (Å²) in [4.78, 5) is 12.0. The summed E-state index contributed by atoms with van der Waals surface area (Å²) >= 11 is 0. The number of rotatable bonds is 1. The molecule has 0 amide bonds. The Kier molecular flexibility index (Phi) is 3.02. The number of carbonyl (C=O) groups is 1. The standard InChI is InChI=1S/C17H15NO/c18-16-11-15(12-6-2-1-3-7-12)14-9-5-4-8-13(14)10-17(16)19/h1-9,11,16H,10,18H2/t16-/m1/s1. The second-order valence-electron chi connectivity index (χ2n) is 4.77. The van der Waals surface area contributed by atoms with Crippen molar-refractivity contribution in [3.63, 3.8) is 0 Å². The average molecular weight is 249 g/mol. The summed E-state index contributed by atoms with van der Waals surface area (Å²) in [6, 6.07) is 17.6. The van der Waals surface area contributed by atoms with Gasteiger partial charge in [-0.2, -0.15) is 0 Å². The van der Waals surface area contributed by atoms with Gasteiger partial charge in [-0.05, 0) is 22.3 Å². The average Bonchev–Trinajstić information content (AvgIpc) is 2.58. The Hall–Kier alpha value is -2.19. The van der Waals surface area contributed by atoms with E-state index in [0.29, 0.717) is 6.42 Å². The van der Waals surface area contributed by atoms with Crippen molar-refractivity contribution >= 4 is 11.4 Å². The maximum absolute atomic E-state index is 12.0. The lowest BCUT2D eigenvalue weighted by Gasteiger charge is -2.10. The molecule has 2 aromatic rings. The second kappa shape index (κ2) is 4.82. The first-order chi connectivity index (χ1) is 9.25. The van der Waals surface area contributed by atoms with Gasteiger partial charge in [0, 0.05) is 6.42 Å². The van der Waals surface area contributed by atoms with E-state index in [4.69, 9.17) is 5.73 Å². The molecule has 0 saturated carbocycles. The van der Waals surface area contributed by atoms with E-state index in [1.54, 1.807) is 0 Å². The highest BCUT2D eigenvalue weighted by molar-refractivity contribution is 5.95. The summed E-state index contributed by atoms with van der Waals surface area (Å²) in [7, 11) is 0. The Labute approximate surface area is 112 Å². The van der Waals surface area contributed by atoms with E-state index >= 15 is 0 Å². The zero-order valence-electron chi connectivity index (χ0n) is 10.5. The minimum absolute atomic E-state index is 0.0679. The number of Topliss-reactive ketones (excluding diaryl/α,β-unsaturated/α-hetero) is 1. The van der Waals surface area contributed by atoms with Crippen molar-refractivity contribution in [1.82, 2.24) is 0 Å². The molecule has 0 spiro atoms. The van der Waals surface area contributed by atoms with Crippen molar-refractivity contribution in [2.75, 3.05) is 0 Å². The predicted molar refractivity (Wildman–Crippen MR) is 76.6 cm³/mol. The van der Waals surface area contributed by atoms with Gasteiger partial charge in [0.05, 0.1) is 6.04 Å². The van der Waals surface area contributed by atoms with E-state index in [9.17, 15) is 4.79 Å². The van der Waals surface area contributed by atoms with E-state index in [0.717, 1.165) is 22.3 Å². The summed E-state index contributed by atoms with van der Waals surface area (Å²) in [5.74, 6) is 0.0679. The van der Waals surface area contributed by atoms with Gasteiger partial charge in [-0.1, -0.05) is 60.7 Å². The lowest BCUT2D eigenvalue weighted by atomic mass is 9.94. The topological polar surface area (TPSA) is 43.1 Å². The first kappa shape index (κ1) is 11.9. The fraction of sp³-hybridized carbons (Fsp3) is 0.118.